The largest absolute Gasteiger partial charge is 0.466 e. The quantitative estimate of drug-likeness (QED) is 0.788. The molecule has 1 N–H and O–H groups in total. The molecule has 1 rings (SSSR count). The lowest BCUT2D eigenvalue weighted by atomic mass is 10.0. The third-order valence-electron chi connectivity index (χ3n) is 2.97. The molecule has 0 aliphatic heterocycles. The molecule has 18 heavy (non-hydrogen) atoms. The van der Waals surface area contributed by atoms with E-state index in [1.807, 2.05) is 26.0 Å². The number of carbonyl (C=O) groups excluding carboxylic acids is 1. The number of hydrogen-bond donors (Lipinski definition) is 1. The number of rotatable bonds is 6. The smallest absolute Gasteiger partial charge is 0.307 e. The van der Waals surface area contributed by atoms with Gasteiger partial charge < -0.3 is 10.1 Å². The first kappa shape index (κ1) is 14.7. The number of nitrogens with one attached hydrogen (secondary N) is 1. The Hall–Kier alpha value is -1.35. The van der Waals surface area contributed by atoms with E-state index in [1.165, 1.54) is 11.1 Å². The van der Waals surface area contributed by atoms with Gasteiger partial charge in [0.2, 0.25) is 0 Å². The summed E-state index contributed by atoms with van der Waals surface area (Å²) in [5.41, 5.74) is 2.54. The Bertz CT molecular complexity index is 390. The highest BCUT2D eigenvalue weighted by atomic mass is 16.5. The Kier molecular flexibility index (Phi) is 5.86. The highest BCUT2D eigenvalue weighted by molar-refractivity contribution is 5.70. The first-order valence-electron chi connectivity index (χ1n) is 6.51. The Labute approximate surface area is 110 Å². The first-order valence-corrected chi connectivity index (χ1v) is 6.51. The van der Waals surface area contributed by atoms with Crippen LogP contribution < -0.4 is 5.32 Å². The number of ether oxygens (including phenoxy) is 1. The van der Waals surface area contributed by atoms with Gasteiger partial charge in [0, 0.05) is 12.1 Å². The standard InChI is InChI=1S/C15H23NO2/c1-5-18-15(17)10-12(3)16-13(4)14-9-7-6-8-11(14)2/h6-9,12-13,16H,5,10H2,1-4H3. The van der Waals surface area contributed by atoms with Gasteiger partial charge in [0.05, 0.1) is 13.0 Å². The minimum absolute atomic E-state index is 0.110. The average Bonchev–Trinajstić information content (AvgIpc) is 2.29. The van der Waals surface area contributed by atoms with E-state index in [9.17, 15) is 4.79 Å². The lowest BCUT2D eigenvalue weighted by molar-refractivity contribution is -0.143. The van der Waals surface area contributed by atoms with Crippen molar-refractivity contribution in [2.24, 2.45) is 0 Å². The van der Waals surface area contributed by atoms with Crippen molar-refractivity contribution in [3.05, 3.63) is 35.4 Å². The molecule has 1 aromatic rings. The van der Waals surface area contributed by atoms with Crippen LogP contribution in [0.1, 0.15) is 44.4 Å². The lowest BCUT2D eigenvalue weighted by Gasteiger charge is -2.21. The van der Waals surface area contributed by atoms with Crippen LogP contribution in [0.5, 0.6) is 0 Å². The van der Waals surface area contributed by atoms with E-state index in [4.69, 9.17) is 4.74 Å². The highest BCUT2D eigenvalue weighted by Crippen LogP contribution is 2.17. The van der Waals surface area contributed by atoms with Crippen LogP contribution in [-0.2, 0) is 9.53 Å². The maximum absolute atomic E-state index is 11.4. The predicted molar refractivity (Wildman–Crippen MR) is 73.4 cm³/mol. The van der Waals surface area contributed by atoms with E-state index in [0.717, 1.165) is 0 Å². The Balaban J connectivity index is 2.52. The molecule has 0 aliphatic carbocycles. The van der Waals surface area contributed by atoms with Gasteiger partial charge >= 0.3 is 5.97 Å². The summed E-state index contributed by atoms with van der Waals surface area (Å²) < 4.78 is 4.94. The number of carbonyl (C=O) groups is 1. The zero-order chi connectivity index (χ0) is 13.5. The van der Waals surface area contributed by atoms with Gasteiger partial charge in [-0.3, -0.25) is 4.79 Å². The fourth-order valence-electron chi connectivity index (χ4n) is 2.12. The molecule has 3 nitrogen and oxygen atoms in total. The predicted octanol–water partition coefficient (Wildman–Crippen LogP) is 2.99. The summed E-state index contributed by atoms with van der Waals surface area (Å²) in [5.74, 6) is -0.144. The maximum atomic E-state index is 11.4. The zero-order valence-electron chi connectivity index (χ0n) is 11.7. The van der Waals surface area contributed by atoms with Gasteiger partial charge in [-0.05, 0) is 38.8 Å². The summed E-state index contributed by atoms with van der Waals surface area (Å²) >= 11 is 0. The van der Waals surface area contributed by atoms with Crippen LogP contribution in [0.3, 0.4) is 0 Å². The molecule has 0 amide bonds. The number of benzene rings is 1. The van der Waals surface area contributed by atoms with Crippen molar-refractivity contribution in [3.63, 3.8) is 0 Å². The van der Waals surface area contributed by atoms with Crippen molar-refractivity contribution in [2.75, 3.05) is 6.61 Å². The van der Waals surface area contributed by atoms with Crippen molar-refractivity contribution in [1.82, 2.24) is 5.32 Å². The average molecular weight is 249 g/mol. The van der Waals surface area contributed by atoms with E-state index in [2.05, 4.69) is 31.3 Å². The second-order valence-electron chi connectivity index (χ2n) is 4.66. The number of esters is 1. The molecular formula is C15H23NO2. The van der Waals surface area contributed by atoms with Crippen LogP contribution in [0.25, 0.3) is 0 Å². The molecule has 2 atom stereocenters. The summed E-state index contributed by atoms with van der Waals surface area (Å²) in [6.45, 7) is 8.49. The second kappa shape index (κ2) is 7.17. The molecule has 0 aliphatic rings. The highest BCUT2D eigenvalue weighted by Gasteiger charge is 2.14. The summed E-state index contributed by atoms with van der Waals surface area (Å²) in [6.07, 6.45) is 0.407. The third-order valence-corrected chi connectivity index (χ3v) is 2.97. The van der Waals surface area contributed by atoms with Gasteiger partial charge in [0.15, 0.2) is 0 Å². The van der Waals surface area contributed by atoms with Crippen LogP contribution in [0.2, 0.25) is 0 Å². The summed E-state index contributed by atoms with van der Waals surface area (Å²) in [4.78, 5) is 11.4. The van der Waals surface area contributed by atoms with Crippen LogP contribution in [-0.4, -0.2) is 18.6 Å². The summed E-state index contributed by atoms with van der Waals surface area (Å²) in [6, 6.07) is 8.63. The fraction of sp³-hybridized carbons (Fsp3) is 0.533. The minimum atomic E-state index is -0.144. The van der Waals surface area contributed by atoms with Crippen LogP contribution in [0.15, 0.2) is 24.3 Å². The van der Waals surface area contributed by atoms with Gasteiger partial charge in [-0.25, -0.2) is 0 Å². The molecule has 0 spiro atoms. The van der Waals surface area contributed by atoms with Crippen molar-refractivity contribution in [2.45, 2.75) is 46.2 Å². The summed E-state index contributed by atoms with van der Waals surface area (Å²) in [5, 5.41) is 3.43. The van der Waals surface area contributed by atoms with E-state index in [1.54, 1.807) is 0 Å². The molecular weight excluding hydrogens is 226 g/mol. The molecule has 0 saturated carbocycles. The molecule has 3 heteroatoms. The molecule has 0 fully saturated rings. The summed E-state index contributed by atoms with van der Waals surface area (Å²) in [7, 11) is 0. The van der Waals surface area contributed by atoms with Gasteiger partial charge in [-0.2, -0.15) is 0 Å². The van der Waals surface area contributed by atoms with E-state index < -0.39 is 0 Å². The van der Waals surface area contributed by atoms with Gasteiger partial charge in [-0.15, -0.1) is 0 Å². The van der Waals surface area contributed by atoms with E-state index in [0.29, 0.717) is 13.0 Å². The van der Waals surface area contributed by atoms with Crippen LogP contribution in [0, 0.1) is 6.92 Å². The molecule has 2 unspecified atom stereocenters. The maximum Gasteiger partial charge on any atom is 0.307 e. The normalized spacial score (nSPS) is 14.0. The molecule has 100 valence electrons. The van der Waals surface area contributed by atoms with Crippen molar-refractivity contribution >= 4 is 5.97 Å². The molecule has 1 aromatic carbocycles. The van der Waals surface area contributed by atoms with Gasteiger partial charge in [0.1, 0.15) is 0 Å². The lowest BCUT2D eigenvalue weighted by Crippen LogP contribution is -2.31. The SMILES string of the molecule is CCOC(=O)CC(C)NC(C)c1ccccc1C. The Morgan fingerprint density at radius 3 is 2.61 bits per heavy atom. The molecule has 0 heterocycles. The van der Waals surface area contributed by atoms with Gasteiger partial charge in [-0.1, -0.05) is 24.3 Å². The van der Waals surface area contributed by atoms with E-state index >= 15 is 0 Å². The fourth-order valence-corrected chi connectivity index (χ4v) is 2.12. The molecule has 0 radical (unpaired) electrons. The zero-order valence-corrected chi connectivity index (χ0v) is 11.7. The first-order chi connectivity index (χ1) is 8.54. The van der Waals surface area contributed by atoms with Crippen LogP contribution >= 0.6 is 0 Å². The monoisotopic (exact) mass is 249 g/mol. The van der Waals surface area contributed by atoms with E-state index in [-0.39, 0.29) is 18.1 Å². The topological polar surface area (TPSA) is 38.3 Å². The Morgan fingerprint density at radius 2 is 2.00 bits per heavy atom. The van der Waals surface area contributed by atoms with Gasteiger partial charge in [0.25, 0.3) is 0 Å². The molecule has 0 bridgehead atoms. The van der Waals surface area contributed by atoms with Crippen molar-refractivity contribution in [3.8, 4) is 0 Å². The molecule has 0 aromatic heterocycles. The minimum Gasteiger partial charge on any atom is -0.466 e. The molecule has 0 saturated heterocycles. The van der Waals surface area contributed by atoms with Crippen molar-refractivity contribution < 1.29 is 9.53 Å². The third kappa shape index (κ3) is 4.49. The number of hydrogen-bond acceptors (Lipinski definition) is 3. The Morgan fingerprint density at radius 1 is 1.33 bits per heavy atom. The second-order valence-corrected chi connectivity index (χ2v) is 4.66. The van der Waals surface area contributed by atoms with Crippen LogP contribution in [0.4, 0.5) is 0 Å². The number of aryl methyl sites for hydroxylation is 1. The van der Waals surface area contributed by atoms with Crippen molar-refractivity contribution in [1.29, 1.82) is 0 Å².